The van der Waals surface area contributed by atoms with Crippen molar-refractivity contribution in [3.63, 3.8) is 0 Å². The first-order valence-electron chi connectivity index (χ1n) is 9.31. The number of fused-ring (bicyclic) bond motifs is 1. The van der Waals surface area contributed by atoms with Gasteiger partial charge in [0.1, 0.15) is 0 Å². The number of para-hydroxylation sites is 1. The average Bonchev–Trinajstić information content (AvgIpc) is 3.26. The lowest BCUT2D eigenvalue weighted by atomic mass is 10.1. The Morgan fingerprint density at radius 2 is 1.79 bits per heavy atom. The van der Waals surface area contributed by atoms with Crippen molar-refractivity contribution in [2.75, 3.05) is 4.90 Å². The molecule has 0 aliphatic carbocycles. The van der Waals surface area contributed by atoms with E-state index in [0.29, 0.717) is 5.82 Å². The number of anilines is 2. The number of sulfonamides is 1. The number of aryl methyl sites for hydroxylation is 1. The predicted octanol–water partition coefficient (Wildman–Crippen LogP) is 3.25. The van der Waals surface area contributed by atoms with Crippen LogP contribution in [0.25, 0.3) is 0 Å². The van der Waals surface area contributed by atoms with Crippen molar-refractivity contribution in [1.29, 1.82) is 0 Å². The number of hydrogen-bond donors (Lipinski definition) is 1. The SMILES string of the molecule is CC(=O)N(c1ccccc1C)c1n[nH]c2c1CN(S(=O)(=O)Cc1ccccc1)C2. The van der Waals surface area contributed by atoms with Gasteiger partial charge in [0.25, 0.3) is 0 Å². The van der Waals surface area contributed by atoms with Gasteiger partial charge in [0.15, 0.2) is 5.82 Å². The Balaban J connectivity index is 1.64. The fourth-order valence-corrected chi connectivity index (χ4v) is 5.05. The highest BCUT2D eigenvalue weighted by Crippen LogP contribution is 2.36. The number of benzene rings is 2. The molecule has 1 aliphatic rings. The van der Waals surface area contributed by atoms with Crippen LogP contribution in [0.5, 0.6) is 0 Å². The highest BCUT2D eigenvalue weighted by Gasteiger charge is 2.35. The summed E-state index contributed by atoms with van der Waals surface area (Å²) in [6.45, 7) is 3.81. The summed E-state index contributed by atoms with van der Waals surface area (Å²) >= 11 is 0. The normalized spacial score (nSPS) is 14.0. The van der Waals surface area contributed by atoms with E-state index in [-0.39, 0.29) is 24.7 Å². The Morgan fingerprint density at radius 1 is 1.10 bits per heavy atom. The first-order chi connectivity index (χ1) is 13.9. The number of hydrogen-bond acceptors (Lipinski definition) is 4. The largest absolute Gasteiger partial charge is 0.279 e. The summed E-state index contributed by atoms with van der Waals surface area (Å²) in [6, 6.07) is 16.7. The molecule has 4 rings (SSSR count). The number of aromatic nitrogens is 2. The Bertz CT molecular complexity index is 1160. The number of carbonyl (C=O) groups excluding carboxylic acids is 1. The Labute approximate surface area is 170 Å². The summed E-state index contributed by atoms with van der Waals surface area (Å²) in [7, 11) is -3.50. The van der Waals surface area contributed by atoms with Crippen LogP contribution in [0.4, 0.5) is 11.5 Å². The maximum absolute atomic E-state index is 12.9. The third-order valence-electron chi connectivity index (χ3n) is 5.07. The molecular weight excluding hydrogens is 388 g/mol. The molecular formula is C21H22N4O3S. The summed E-state index contributed by atoms with van der Waals surface area (Å²) in [6.07, 6.45) is 0. The molecule has 0 atom stereocenters. The molecule has 7 nitrogen and oxygen atoms in total. The van der Waals surface area contributed by atoms with Gasteiger partial charge in [-0.25, -0.2) is 8.42 Å². The smallest absolute Gasteiger partial charge is 0.229 e. The van der Waals surface area contributed by atoms with E-state index in [1.54, 1.807) is 12.1 Å². The van der Waals surface area contributed by atoms with Crippen LogP contribution in [-0.2, 0) is 33.7 Å². The first-order valence-corrected chi connectivity index (χ1v) is 10.9. The molecule has 0 bridgehead atoms. The van der Waals surface area contributed by atoms with Crippen LogP contribution in [0.1, 0.15) is 29.3 Å². The highest BCUT2D eigenvalue weighted by atomic mass is 32.2. The van der Waals surface area contributed by atoms with Crippen molar-refractivity contribution >= 4 is 27.4 Å². The average molecular weight is 410 g/mol. The molecule has 0 unspecified atom stereocenters. The van der Waals surface area contributed by atoms with E-state index in [9.17, 15) is 13.2 Å². The number of aromatic amines is 1. The molecule has 2 aromatic carbocycles. The van der Waals surface area contributed by atoms with Gasteiger partial charge in [-0.3, -0.25) is 14.8 Å². The van der Waals surface area contributed by atoms with Crippen molar-refractivity contribution in [2.24, 2.45) is 0 Å². The fourth-order valence-electron chi connectivity index (χ4n) is 3.60. The second-order valence-electron chi connectivity index (χ2n) is 7.16. The van der Waals surface area contributed by atoms with Crippen molar-refractivity contribution in [2.45, 2.75) is 32.7 Å². The lowest BCUT2D eigenvalue weighted by Crippen LogP contribution is -2.29. The minimum atomic E-state index is -3.50. The molecule has 3 aromatic rings. The number of nitrogens with zero attached hydrogens (tertiary/aromatic N) is 3. The lowest BCUT2D eigenvalue weighted by molar-refractivity contribution is -0.115. The van der Waals surface area contributed by atoms with Gasteiger partial charge in [-0.15, -0.1) is 0 Å². The third-order valence-corrected chi connectivity index (χ3v) is 6.81. The van der Waals surface area contributed by atoms with Crippen molar-refractivity contribution in [1.82, 2.24) is 14.5 Å². The molecule has 0 saturated carbocycles. The van der Waals surface area contributed by atoms with E-state index in [4.69, 9.17) is 0 Å². The molecule has 0 radical (unpaired) electrons. The maximum atomic E-state index is 12.9. The molecule has 1 N–H and O–H groups in total. The Morgan fingerprint density at radius 3 is 2.48 bits per heavy atom. The molecule has 1 aliphatic heterocycles. The van der Waals surface area contributed by atoms with Gasteiger partial charge in [0.2, 0.25) is 15.9 Å². The van der Waals surface area contributed by atoms with E-state index in [0.717, 1.165) is 28.1 Å². The minimum absolute atomic E-state index is 0.0604. The standard InChI is InChI=1S/C21H22N4O3S/c1-15-8-6-7-11-20(15)25(16(2)26)21-18-12-24(13-19(18)22-23-21)29(27,28)14-17-9-4-3-5-10-17/h3-11H,12-14H2,1-2H3,(H,22,23). The fraction of sp³-hybridized carbons (Fsp3) is 0.238. The van der Waals surface area contributed by atoms with Crippen LogP contribution >= 0.6 is 0 Å². The van der Waals surface area contributed by atoms with Gasteiger partial charge in [-0.05, 0) is 24.1 Å². The van der Waals surface area contributed by atoms with Gasteiger partial charge in [-0.1, -0.05) is 48.5 Å². The van der Waals surface area contributed by atoms with Crippen LogP contribution in [0.3, 0.4) is 0 Å². The molecule has 8 heteroatoms. The second kappa shape index (κ2) is 7.46. The molecule has 1 aromatic heterocycles. The second-order valence-corrected chi connectivity index (χ2v) is 9.12. The molecule has 0 fully saturated rings. The van der Waals surface area contributed by atoms with Crippen molar-refractivity contribution in [3.05, 3.63) is 77.0 Å². The van der Waals surface area contributed by atoms with E-state index >= 15 is 0 Å². The van der Waals surface area contributed by atoms with Gasteiger partial charge in [0, 0.05) is 19.0 Å². The van der Waals surface area contributed by atoms with E-state index < -0.39 is 10.0 Å². The van der Waals surface area contributed by atoms with E-state index in [2.05, 4.69) is 10.2 Å². The monoisotopic (exact) mass is 410 g/mol. The zero-order chi connectivity index (χ0) is 20.6. The Kier molecular flexibility index (Phi) is 4.97. The summed E-state index contributed by atoms with van der Waals surface area (Å²) in [5.74, 6) is 0.216. The van der Waals surface area contributed by atoms with E-state index in [1.807, 2.05) is 49.4 Å². The molecule has 0 spiro atoms. The summed E-state index contributed by atoms with van der Waals surface area (Å²) in [5, 5.41) is 7.26. The van der Waals surface area contributed by atoms with Crippen LogP contribution in [-0.4, -0.2) is 28.8 Å². The lowest BCUT2D eigenvalue weighted by Gasteiger charge is -2.22. The summed E-state index contributed by atoms with van der Waals surface area (Å²) < 4.78 is 27.3. The molecule has 29 heavy (non-hydrogen) atoms. The number of nitrogens with one attached hydrogen (secondary N) is 1. The Hall–Kier alpha value is -2.97. The van der Waals surface area contributed by atoms with Crippen LogP contribution in [0.2, 0.25) is 0 Å². The van der Waals surface area contributed by atoms with Crippen LogP contribution in [0.15, 0.2) is 54.6 Å². The van der Waals surface area contributed by atoms with Crippen LogP contribution < -0.4 is 4.90 Å². The predicted molar refractivity (Wildman–Crippen MR) is 111 cm³/mol. The third kappa shape index (κ3) is 3.68. The molecule has 150 valence electrons. The zero-order valence-electron chi connectivity index (χ0n) is 16.3. The molecule has 0 saturated heterocycles. The maximum Gasteiger partial charge on any atom is 0.229 e. The van der Waals surface area contributed by atoms with Gasteiger partial charge < -0.3 is 0 Å². The number of H-pyrrole nitrogens is 1. The number of amides is 1. The van der Waals surface area contributed by atoms with Gasteiger partial charge in [0.05, 0.1) is 23.7 Å². The number of rotatable bonds is 5. The quantitative estimate of drug-likeness (QED) is 0.700. The molecule has 1 amide bonds. The first kappa shape index (κ1) is 19.4. The van der Waals surface area contributed by atoms with Crippen LogP contribution in [0, 0.1) is 6.92 Å². The van der Waals surface area contributed by atoms with Crippen molar-refractivity contribution < 1.29 is 13.2 Å². The molecule has 2 heterocycles. The van der Waals surface area contributed by atoms with Gasteiger partial charge >= 0.3 is 0 Å². The zero-order valence-corrected chi connectivity index (χ0v) is 17.1. The summed E-state index contributed by atoms with van der Waals surface area (Å²) in [4.78, 5) is 14.0. The summed E-state index contributed by atoms with van der Waals surface area (Å²) in [5.41, 5.74) is 3.87. The van der Waals surface area contributed by atoms with Crippen molar-refractivity contribution in [3.8, 4) is 0 Å². The highest BCUT2D eigenvalue weighted by molar-refractivity contribution is 7.88. The minimum Gasteiger partial charge on any atom is -0.279 e. The number of carbonyl (C=O) groups is 1. The van der Waals surface area contributed by atoms with E-state index in [1.165, 1.54) is 16.1 Å². The topological polar surface area (TPSA) is 86.4 Å². The van der Waals surface area contributed by atoms with Gasteiger partial charge in [-0.2, -0.15) is 9.40 Å².